The van der Waals surface area contributed by atoms with Crippen molar-refractivity contribution >= 4 is 5.82 Å². The number of ether oxygens (including phenoxy) is 2. The maximum Gasteiger partial charge on any atom is 0.142 e. The molecule has 0 spiro atoms. The maximum atomic E-state index is 9.55. The highest BCUT2D eigenvalue weighted by atomic mass is 16.5. The molecule has 0 bridgehead atoms. The Morgan fingerprint density at radius 3 is 2.52 bits per heavy atom. The molecule has 0 saturated carbocycles. The number of anilines is 1. The first-order valence-corrected chi connectivity index (χ1v) is 8.35. The molecule has 27 heavy (non-hydrogen) atoms. The summed E-state index contributed by atoms with van der Waals surface area (Å²) in [6.45, 7) is 0.127. The lowest BCUT2D eigenvalue weighted by molar-refractivity contribution is 0.201. The number of methoxy groups -OCH3 is 1. The highest BCUT2D eigenvalue weighted by molar-refractivity contribution is 5.80. The second kappa shape index (κ2) is 8.21. The Balaban J connectivity index is 2.08. The van der Waals surface area contributed by atoms with Gasteiger partial charge in [0, 0.05) is 11.1 Å². The smallest absolute Gasteiger partial charge is 0.142 e. The van der Waals surface area contributed by atoms with Gasteiger partial charge >= 0.3 is 0 Å². The van der Waals surface area contributed by atoms with Crippen LogP contribution in [0.4, 0.5) is 5.82 Å². The number of nitrogen functional groups attached to an aromatic ring is 1. The molecule has 136 valence electrons. The van der Waals surface area contributed by atoms with E-state index in [0.717, 1.165) is 16.9 Å². The second-order valence-electron chi connectivity index (χ2n) is 5.76. The third-order valence-electron chi connectivity index (χ3n) is 4.05. The molecule has 6 heteroatoms. The van der Waals surface area contributed by atoms with Crippen LogP contribution in [0.2, 0.25) is 0 Å². The van der Waals surface area contributed by atoms with Crippen molar-refractivity contribution in [3.05, 3.63) is 60.2 Å². The number of benzene rings is 2. The lowest BCUT2D eigenvalue weighted by Gasteiger charge is -2.12. The average Bonchev–Trinajstić information content (AvgIpc) is 2.72. The average molecular weight is 361 g/mol. The molecule has 0 aliphatic heterocycles. The molecule has 1 heterocycles. The van der Waals surface area contributed by atoms with E-state index in [4.69, 9.17) is 20.3 Å². The number of nitriles is 1. The van der Waals surface area contributed by atoms with Gasteiger partial charge in [-0.3, -0.25) is 0 Å². The van der Waals surface area contributed by atoms with Crippen molar-refractivity contribution in [2.24, 2.45) is 0 Å². The van der Waals surface area contributed by atoms with Gasteiger partial charge in [0.2, 0.25) is 0 Å². The number of hydrogen-bond acceptors (Lipinski definition) is 6. The zero-order chi connectivity index (χ0) is 19.2. The molecule has 3 aromatic rings. The van der Waals surface area contributed by atoms with Gasteiger partial charge in [-0.2, -0.15) is 5.26 Å². The first-order chi connectivity index (χ1) is 13.2. The van der Waals surface area contributed by atoms with Crippen LogP contribution in [0, 0.1) is 11.3 Å². The number of aliphatic hydroxyl groups excluding tert-OH is 1. The van der Waals surface area contributed by atoms with Crippen LogP contribution in [0.1, 0.15) is 5.56 Å². The van der Waals surface area contributed by atoms with Crippen molar-refractivity contribution in [2.45, 2.75) is 0 Å². The number of rotatable bonds is 6. The van der Waals surface area contributed by atoms with Gasteiger partial charge in [0.05, 0.1) is 19.4 Å². The third kappa shape index (κ3) is 4.00. The molecule has 1 aromatic heterocycles. The summed E-state index contributed by atoms with van der Waals surface area (Å²) < 4.78 is 10.7. The monoisotopic (exact) mass is 361 g/mol. The van der Waals surface area contributed by atoms with Crippen LogP contribution in [0.5, 0.6) is 11.5 Å². The van der Waals surface area contributed by atoms with Crippen molar-refractivity contribution < 1.29 is 14.6 Å². The SMILES string of the molecule is COc1ccc(-c2cc(-c3cccc(OCCO)c3)c(C#N)c(N)n2)cc1. The largest absolute Gasteiger partial charge is 0.497 e. The van der Waals surface area contributed by atoms with Gasteiger partial charge in [-0.1, -0.05) is 12.1 Å². The van der Waals surface area contributed by atoms with E-state index in [0.29, 0.717) is 22.6 Å². The molecule has 2 aromatic carbocycles. The highest BCUT2D eigenvalue weighted by Crippen LogP contribution is 2.33. The summed E-state index contributed by atoms with van der Waals surface area (Å²) in [4.78, 5) is 4.38. The fourth-order valence-corrected chi connectivity index (χ4v) is 2.74. The van der Waals surface area contributed by atoms with Crippen molar-refractivity contribution in [1.82, 2.24) is 4.98 Å². The van der Waals surface area contributed by atoms with Crippen LogP contribution in [0.15, 0.2) is 54.6 Å². The van der Waals surface area contributed by atoms with Crippen LogP contribution in [0.3, 0.4) is 0 Å². The number of nitrogens with zero attached hydrogens (tertiary/aromatic N) is 2. The van der Waals surface area contributed by atoms with Crippen molar-refractivity contribution in [3.63, 3.8) is 0 Å². The van der Waals surface area contributed by atoms with E-state index in [9.17, 15) is 5.26 Å². The number of nitrogens with two attached hydrogens (primary N) is 1. The Morgan fingerprint density at radius 2 is 1.85 bits per heavy atom. The van der Waals surface area contributed by atoms with Gasteiger partial charge in [-0.15, -0.1) is 0 Å². The van der Waals surface area contributed by atoms with Crippen LogP contribution >= 0.6 is 0 Å². The molecule has 0 atom stereocenters. The number of aliphatic hydroxyl groups is 1. The summed E-state index contributed by atoms with van der Waals surface area (Å²) in [7, 11) is 1.61. The topological polar surface area (TPSA) is 101 Å². The lowest BCUT2D eigenvalue weighted by Crippen LogP contribution is -2.02. The van der Waals surface area contributed by atoms with E-state index in [1.165, 1.54) is 0 Å². The molecule has 0 aliphatic rings. The molecular formula is C21H19N3O3. The summed E-state index contributed by atoms with van der Waals surface area (Å²) in [5.41, 5.74) is 9.35. The van der Waals surface area contributed by atoms with Crippen molar-refractivity contribution in [1.29, 1.82) is 5.26 Å². The second-order valence-corrected chi connectivity index (χ2v) is 5.76. The minimum Gasteiger partial charge on any atom is -0.497 e. The van der Waals surface area contributed by atoms with Crippen molar-refractivity contribution in [3.8, 4) is 40.0 Å². The van der Waals surface area contributed by atoms with Gasteiger partial charge < -0.3 is 20.3 Å². The quantitative estimate of drug-likeness (QED) is 0.699. The molecule has 6 nitrogen and oxygen atoms in total. The number of aromatic nitrogens is 1. The molecule has 0 amide bonds. The predicted octanol–water partition coefficient (Wildman–Crippen LogP) is 3.25. The minimum absolute atomic E-state index is 0.0719. The lowest BCUT2D eigenvalue weighted by atomic mass is 9.98. The standard InChI is InChI=1S/C21H19N3O3/c1-26-16-7-5-14(6-8-16)20-12-18(19(13-22)21(23)24-20)15-3-2-4-17(11-15)27-10-9-25/h2-8,11-12,25H,9-10H2,1H3,(H2,23,24). The van der Waals surface area contributed by atoms with Crippen LogP contribution in [0.25, 0.3) is 22.4 Å². The summed E-state index contributed by atoms with van der Waals surface area (Å²) >= 11 is 0. The fourth-order valence-electron chi connectivity index (χ4n) is 2.74. The minimum atomic E-state index is -0.0719. The summed E-state index contributed by atoms with van der Waals surface area (Å²) in [6, 6.07) is 18.7. The summed E-state index contributed by atoms with van der Waals surface area (Å²) in [6.07, 6.45) is 0. The molecule has 0 radical (unpaired) electrons. The van der Waals surface area contributed by atoms with Gasteiger partial charge in [0.1, 0.15) is 35.6 Å². The van der Waals surface area contributed by atoms with Gasteiger partial charge in [0.15, 0.2) is 0 Å². The Labute approximate surface area is 157 Å². The highest BCUT2D eigenvalue weighted by Gasteiger charge is 2.14. The van der Waals surface area contributed by atoms with E-state index in [2.05, 4.69) is 11.1 Å². The molecule has 0 aliphatic carbocycles. The zero-order valence-electron chi connectivity index (χ0n) is 14.8. The molecular weight excluding hydrogens is 342 g/mol. The number of pyridine rings is 1. The third-order valence-corrected chi connectivity index (χ3v) is 4.05. The van der Waals surface area contributed by atoms with E-state index in [1.54, 1.807) is 13.2 Å². The molecule has 3 N–H and O–H groups in total. The predicted molar refractivity (Wildman–Crippen MR) is 103 cm³/mol. The summed E-state index contributed by atoms with van der Waals surface area (Å²) in [5, 5.41) is 18.5. The van der Waals surface area contributed by atoms with Gasteiger partial charge in [-0.05, 0) is 48.0 Å². The molecule has 0 fully saturated rings. The Bertz CT molecular complexity index is 979. The summed E-state index contributed by atoms with van der Waals surface area (Å²) in [5.74, 6) is 1.52. The van der Waals surface area contributed by atoms with E-state index in [-0.39, 0.29) is 19.0 Å². The first-order valence-electron chi connectivity index (χ1n) is 8.35. The maximum absolute atomic E-state index is 9.55. The van der Waals surface area contributed by atoms with Crippen LogP contribution in [-0.4, -0.2) is 30.4 Å². The normalized spacial score (nSPS) is 10.3. The number of hydrogen-bond donors (Lipinski definition) is 2. The molecule has 0 unspecified atom stereocenters. The van der Waals surface area contributed by atoms with E-state index < -0.39 is 0 Å². The Morgan fingerprint density at radius 1 is 1.07 bits per heavy atom. The fraction of sp³-hybridized carbons (Fsp3) is 0.143. The molecule has 0 saturated heterocycles. The first kappa shape index (κ1) is 18.2. The van der Waals surface area contributed by atoms with E-state index >= 15 is 0 Å². The Hall–Kier alpha value is -3.56. The Kier molecular flexibility index (Phi) is 5.55. The van der Waals surface area contributed by atoms with Gasteiger partial charge in [-0.25, -0.2) is 4.98 Å². The van der Waals surface area contributed by atoms with Crippen LogP contribution < -0.4 is 15.2 Å². The zero-order valence-corrected chi connectivity index (χ0v) is 14.8. The molecule has 3 rings (SSSR count). The van der Waals surface area contributed by atoms with Crippen molar-refractivity contribution in [2.75, 3.05) is 26.1 Å². The van der Waals surface area contributed by atoms with Crippen LogP contribution in [-0.2, 0) is 0 Å². The van der Waals surface area contributed by atoms with Gasteiger partial charge in [0.25, 0.3) is 0 Å². The van der Waals surface area contributed by atoms with E-state index in [1.807, 2.05) is 48.5 Å².